The first-order valence-electron chi connectivity index (χ1n) is 5.28. The molecule has 0 aliphatic carbocycles. The molecule has 0 saturated heterocycles. The fourth-order valence-electron chi connectivity index (χ4n) is 1.25. The second kappa shape index (κ2) is 4.50. The number of rotatable bonds is 3. The average Bonchev–Trinajstić information content (AvgIpc) is 2.06. The van der Waals surface area contributed by atoms with Crippen molar-refractivity contribution in [3.8, 4) is 0 Å². The molecule has 0 radical (unpaired) electrons. The lowest BCUT2D eigenvalue weighted by Crippen LogP contribution is -2.12. The number of anilines is 1. The lowest BCUT2D eigenvalue weighted by atomic mass is 9.92. The van der Waals surface area contributed by atoms with Gasteiger partial charge in [-0.25, -0.2) is 0 Å². The zero-order valence-electron chi connectivity index (χ0n) is 9.72. The Morgan fingerprint density at radius 2 is 1.64 bits per heavy atom. The van der Waals surface area contributed by atoms with E-state index in [4.69, 9.17) is 0 Å². The van der Waals surface area contributed by atoms with Crippen LogP contribution in [0.4, 0.5) is 5.69 Å². The Hall–Kier alpha value is -0.980. The maximum atomic E-state index is 3.43. The molecular formula is C13H21N. The van der Waals surface area contributed by atoms with E-state index in [1.54, 1.807) is 0 Å². The van der Waals surface area contributed by atoms with E-state index in [1.807, 2.05) is 0 Å². The van der Waals surface area contributed by atoms with Gasteiger partial charge in [-0.3, -0.25) is 0 Å². The predicted octanol–water partition coefficient (Wildman–Crippen LogP) is 3.84. The van der Waals surface area contributed by atoms with Crippen molar-refractivity contribution < 1.29 is 0 Å². The van der Waals surface area contributed by atoms with Gasteiger partial charge in [-0.15, -0.1) is 0 Å². The smallest absolute Gasteiger partial charge is 0.0340 e. The summed E-state index contributed by atoms with van der Waals surface area (Å²) in [5.41, 5.74) is 2.95. The van der Waals surface area contributed by atoms with Crippen LogP contribution in [0.1, 0.15) is 32.8 Å². The van der Waals surface area contributed by atoms with Crippen LogP contribution in [-0.2, 0) is 0 Å². The molecule has 78 valence electrons. The van der Waals surface area contributed by atoms with E-state index in [1.165, 1.54) is 17.7 Å². The second-order valence-electron chi connectivity index (χ2n) is 5.10. The standard InChI is InChI=1S/C13H21N/c1-11-5-7-12(8-6-11)14-10-9-13(2,3)4/h5-8,14H,9-10H2,1-4H3. The van der Waals surface area contributed by atoms with Crippen LogP contribution in [0.3, 0.4) is 0 Å². The molecule has 0 atom stereocenters. The van der Waals surface area contributed by atoms with Crippen molar-refractivity contribution in [1.29, 1.82) is 0 Å². The van der Waals surface area contributed by atoms with Gasteiger partial charge in [-0.05, 0) is 30.9 Å². The number of hydrogen-bond donors (Lipinski definition) is 1. The Balaban J connectivity index is 2.35. The van der Waals surface area contributed by atoms with Gasteiger partial charge in [0.15, 0.2) is 0 Å². The van der Waals surface area contributed by atoms with Crippen LogP contribution in [0, 0.1) is 12.3 Å². The summed E-state index contributed by atoms with van der Waals surface area (Å²) in [6.07, 6.45) is 1.20. The minimum atomic E-state index is 0.414. The molecule has 1 aromatic rings. The molecule has 0 amide bonds. The fraction of sp³-hybridized carbons (Fsp3) is 0.538. The van der Waals surface area contributed by atoms with Gasteiger partial charge in [0, 0.05) is 12.2 Å². The Morgan fingerprint density at radius 3 is 2.14 bits per heavy atom. The summed E-state index contributed by atoms with van der Waals surface area (Å²) in [6.45, 7) is 9.96. The van der Waals surface area contributed by atoms with Crippen molar-refractivity contribution in [1.82, 2.24) is 0 Å². The van der Waals surface area contributed by atoms with Crippen molar-refractivity contribution in [2.45, 2.75) is 34.1 Å². The van der Waals surface area contributed by atoms with Crippen molar-refractivity contribution >= 4 is 5.69 Å². The van der Waals surface area contributed by atoms with E-state index in [2.05, 4.69) is 57.3 Å². The third-order valence-corrected chi connectivity index (χ3v) is 2.26. The number of nitrogens with one attached hydrogen (secondary N) is 1. The van der Waals surface area contributed by atoms with Crippen LogP contribution in [0.5, 0.6) is 0 Å². The van der Waals surface area contributed by atoms with E-state index in [0.717, 1.165) is 6.54 Å². The van der Waals surface area contributed by atoms with E-state index in [0.29, 0.717) is 5.41 Å². The molecular weight excluding hydrogens is 170 g/mol. The van der Waals surface area contributed by atoms with Crippen LogP contribution >= 0.6 is 0 Å². The van der Waals surface area contributed by atoms with Crippen molar-refractivity contribution in [2.75, 3.05) is 11.9 Å². The van der Waals surface area contributed by atoms with E-state index >= 15 is 0 Å². The van der Waals surface area contributed by atoms with Gasteiger partial charge in [-0.1, -0.05) is 38.5 Å². The molecule has 0 aliphatic heterocycles. The first-order valence-corrected chi connectivity index (χ1v) is 5.28. The summed E-state index contributed by atoms with van der Waals surface area (Å²) in [7, 11) is 0. The highest BCUT2D eigenvalue weighted by molar-refractivity contribution is 5.44. The third-order valence-electron chi connectivity index (χ3n) is 2.26. The van der Waals surface area contributed by atoms with E-state index in [9.17, 15) is 0 Å². The van der Waals surface area contributed by atoms with Gasteiger partial charge in [0.2, 0.25) is 0 Å². The minimum Gasteiger partial charge on any atom is -0.385 e. The SMILES string of the molecule is Cc1ccc(NCCC(C)(C)C)cc1. The summed E-state index contributed by atoms with van der Waals surface area (Å²) >= 11 is 0. The maximum absolute atomic E-state index is 3.43. The summed E-state index contributed by atoms with van der Waals surface area (Å²) in [5.74, 6) is 0. The molecule has 1 heteroatoms. The zero-order chi connectivity index (χ0) is 10.6. The van der Waals surface area contributed by atoms with Crippen molar-refractivity contribution in [2.24, 2.45) is 5.41 Å². The highest BCUT2D eigenvalue weighted by atomic mass is 14.9. The molecule has 0 aromatic heterocycles. The highest BCUT2D eigenvalue weighted by Gasteiger charge is 2.08. The van der Waals surface area contributed by atoms with Gasteiger partial charge in [0.1, 0.15) is 0 Å². The molecule has 0 spiro atoms. The average molecular weight is 191 g/mol. The van der Waals surface area contributed by atoms with E-state index in [-0.39, 0.29) is 0 Å². The second-order valence-corrected chi connectivity index (χ2v) is 5.10. The van der Waals surface area contributed by atoms with Gasteiger partial charge in [0.25, 0.3) is 0 Å². The lowest BCUT2D eigenvalue weighted by Gasteiger charge is -2.18. The predicted molar refractivity (Wildman–Crippen MR) is 63.7 cm³/mol. The van der Waals surface area contributed by atoms with Gasteiger partial charge in [0.05, 0.1) is 0 Å². The van der Waals surface area contributed by atoms with Gasteiger partial charge in [-0.2, -0.15) is 0 Å². The summed E-state index contributed by atoms with van der Waals surface area (Å²) in [4.78, 5) is 0. The van der Waals surface area contributed by atoms with Crippen molar-refractivity contribution in [3.63, 3.8) is 0 Å². The molecule has 0 heterocycles. The Bertz CT molecular complexity index is 266. The number of hydrogen-bond acceptors (Lipinski definition) is 1. The maximum Gasteiger partial charge on any atom is 0.0340 e. The molecule has 0 fully saturated rings. The molecule has 0 aliphatic rings. The molecule has 1 rings (SSSR count). The number of benzene rings is 1. The topological polar surface area (TPSA) is 12.0 Å². The van der Waals surface area contributed by atoms with Gasteiger partial charge < -0.3 is 5.32 Å². The lowest BCUT2D eigenvalue weighted by molar-refractivity contribution is 0.390. The highest BCUT2D eigenvalue weighted by Crippen LogP contribution is 2.18. The van der Waals surface area contributed by atoms with E-state index < -0.39 is 0 Å². The first-order chi connectivity index (χ1) is 6.47. The third kappa shape index (κ3) is 4.31. The summed E-state index contributed by atoms with van der Waals surface area (Å²) in [5, 5.41) is 3.43. The quantitative estimate of drug-likeness (QED) is 0.765. The molecule has 0 unspecified atom stereocenters. The number of aryl methyl sites for hydroxylation is 1. The van der Waals surface area contributed by atoms with Crippen molar-refractivity contribution in [3.05, 3.63) is 29.8 Å². The van der Waals surface area contributed by atoms with Crippen LogP contribution < -0.4 is 5.32 Å². The molecule has 0 saturated carbocycles. The summed E-state index contributed by atoms with van der Waals surface area (Å²) < 4.78 is 0. The molecule has 1 N–H and O–H groups in total. The molecule has 1 nitrogen and oxygen atoms in total. The zero-order valence-corrected chi connectivity index (χ0v) is 9.72. The monoisotopic (exact) mass is 191 g/mol. The first kappa shape index (κ1) is 11.1. The molecule has 0 bridgehead atoms. The van der Waals surface area contributed by atoms with Crippen LogP contribution in [-0.4, -0.2) is 6.54 Å². The van der Waals surface area contributed by atoms with Crippen LogP contribution in [0.25, 0.3) is 0 Å². The molecule has 1 aromatic carbocycles. The summed E-state index contributed by atoms with van der Waals surface area (Å²) in [6, 6.07) is 8.55. The Kier molecular flexibility index (Phi) is 3.56. The Morgan fingerprint density at radius 1 is 1.07 bits per heavy atom. The normalized spacial score (nSPS) is 11.4. The molecule has 14 heavy (non-hydrogen) atoms. The largest absolute Gasteiger partial charge is 0.385 e. The van der Waals surface area contributed by atoms with Crippen LogP contribution in [0.15, 0.2) is 24.3 Å². The fourth-order valence-corrected chi connectivity index (χ4v) is 1.25. The minimum absolute atomic E-state index is 0.414. The van der Waals surface area contributed by atoms with Gasteiger partial charge >= 0.3 is 0 Å². The Labute approximate surface area is 87.5 Å². The van der Waals surface area contributed by atoms with Crippen LogP contribution in [0.2, 0.25) is 0 Å².